The van der Waals surface area contributed by atoms with Crippen LogP contribution in [0.15, 0.2) is 54.6 Å². The van der Waals surface area contributed by atoms with Gasteiger partial charge in [0.1, 0.15) is 11.5 Å². The lowest BCUT2D eigenvalue weighted by atomic mass is 10.1. The molecule has 3 aromatic rings. The molecule has 3 rings (SSSR count). The lowest BCUT2D eigenvalue weighted by molar-refractivity contribution is -0.137. The van der Waals surface area contributed by atoms with Crippen molar-refractivity contribution < 1.29 is 32.2 Å². The molecule has 10 heteroatoms. The highest BCUT2D eigenvalue weighted by Gasteiger charge is 2.30. The van der Waals surface area contributed by atoms with E-state index in [9.17, 15) is 18.0 Å². The van der Waals surface area contributed by atoms with E-state index in [2.05, 4.69) is 15.6 Å². The van der Waals surface area contributed by atoms with Gasteiger partial charge in [-0.3, -0.25) is 4.79 Å². The molecule has 174 valence electrons. The van der Waals surface area contributed by atoms with E-state index >= 15 is 0 Å². The first-order valence-electron chi connectivity index (χ1n) is 9.73. The van der Waals surface area contributed by atoms with E-state index in [4.69, 9.17) is 14.2 Å². The minimum Gasteiger partial charge on any atom is -0.493 e. The molecule has 2 N–H and O–H groups in total. The Hall–Kier alpha value is -3.95. The number of nitrogens with zero attached hydrogens (tertiary/aromatic N) is 1. The second-order valence-electron chi connectivity index (χ2n) is 6.83. The van der Waals surface area contributed by atoms with Gasteiger partial charge in [0.2, 0.25) is 5.75 Å². The molecule has 0 fully saturated rings. The Morgan fingerprint density at radius 3 is 2.21 bits per heavy atom. The number of pyridine rings is 1. The number of hydrogen-bond acceptors (Lipinski definition) is 6. The number of halogens is 3. The molecule has 33 heavy (non-hydrogen) atoms. The van der Waals surface area contributed by atoms with Gasteiger partial charge in [0.15, 0.2) is 11.5 Å². The number of aromatic nitrogens is 1. The van der Waals surface area contributed by atoms with Crippen molar-refractivity contribution in [2.45, 2.75) is 12.7 Å². The highest BCUT2D eigenvalue weighted by Crippen LogP contribution is 2.40. The third-order valence-electron chi connectivity index (χ3n) is 4.63. The molecule has 1 heterocycles. The quantitative estimate of drug-likeness (QED) is 0.502. The van der Waals surface area contributed by atoms with Crippen molar-refractivity contribution >= 4 is 17.4 Å². The number of ether oxygens (including phenoxy) is 3. The van der Waals surface area contributed by atoms with E-state index in [1.165, 1.54) is 39.5 Å². The molecule has 1 amide bonds. The zero-order chi connectivity index (χ0) is 24.0. The maximum atomic E-state index is 12.9. The summed E-state index contributed by atoms with van der Waals surface area (Å²) in [6, 6.07) is 12.9. The zero-order valence-electron chi connectivity index (χ0n) is 18.1. The van der Waals surface area contributed by atoms with Crippen LogP contribution in [0.1, 0.15) is 21.6 Å². The molecule has 2 aromatic carbocycles. The molecule has 0 atom stereocenters. The molecule has 0 aliphatic rings. The fourth-order valence-corrected chi connectivity index (χ4v) is 3.06. The normalized spacial score (nSPS) is 11.0. The first kappa shape index (κ1) is 23.7. The topological polar surface area (TPSA) is 81.7 Å². The van der Waals surface area contributed by atoms with Crippen LogP contribution in [0, 0.1) is 0 Å². The highest BCUT2D eigenvalue weighted by atomic mass is 19.4. The van der Waals surface area contributed by atoms with Crippen LogP contribution in [0.3, 0.4) is 0 Å². The predicted octanol–water partition coefficient (Wildman–Crippen LogP) is 4.80. The van der Waals surface area contributed by atoms with Gasteiger partial charge < -0.3 is 24.8 Å². The van der Waals surface area contributed by atoms with Crippen LogP contribution in [0.2, 0.25) is 0 Å². The van der Waals surface area contributed by atoms with Crippen LogP contribution in [-0.2, 0) is 12.7 Å². The number of alkyl halides is 3. The first-order chi connectivity index (χ1) is 15.7. The summed E-state index contributed by atoms with van der Waals surface area (Å²) in [6.45, 7) is -0.0744. The van der Waals surface area contributed by atoms with Gasteiger partial charge in [0, 0.05) is 24.4 Å². The standard InChI is InChI=1S/C23H22F3N3O4/c1-31-18-11-16(12-19(32-2)21(18)33-3)28-20-9-5-8-17(29-20)22(30)27-13-14-6-4-7-15(10-14)23(24,25)26/h4-12H,13H2,1-3H3,(H,27,30)(H,28,29). The van der Waals surface area contributed by atoms with Crippen molar-refractivity contribution in [1.82, 2.24) is 10.3 Å². The van der Waals surface area contributed by atoms with Crippen molar-refractivity contribution in [3.05, 3.63) is 71.4 Å². The van der Waals surface area contributed by atoms with Crippen molar-refractivity contribution in [2.75, 3.05) is 26.6 Å². The average molecular weight is 461 g/mol. The molecular formula is C23H22F3N3O4. The summed E-state index contributed by atoms with van der Waals surface area (Å²) in [5.41, 5.74) is 0.228. The van der Waals surface area contributed by atoms with E-state index in [0.29, 0.717) is 34.3 Å². The number of hydrogen-bond donors (Lipinski definition) is 2. The predicted molar refractivity (Wildman–Crippen MR) is 116 cm³/mol. The van der Waals surface area contributed by atoms with Crippen molar-refractivity contribution in [3.8, 4) is 17.2 Å². The van der Waals surface area contributed by atoms with Crippen LogP contribution < -0.4 is 24.8 Å². The van der Waals surface area contributed by atoms with Crippen molar-refractivity contribution in [1.29, 1.82) is 0 Å². The highest BCUT2D eigenvalue weighted by molar-refractivity contribution is 5.92. The van der Waals surface area contributed by atoms with Gasteiger partial charge in [-0.05, 0) is 29.8 Å². The molecule has 0 aliphatic carbocycles. The van der Waals surface area contributed by atoms with Gasteiger partial charge in [-0.25, -0.2) is 4.98 Å². The molecule has 7 nitrogen and oxygen atoms in total. The van der Waals surface area contributed by atoms with E-state index in [1.54, 1.807) is 24.3 Å². The van der Waals surface area contributed by atoms with Gasteiger partial charge in [0.05, 0.1) is 26.9 Å². The Morgan fingerprint density at radius 2 is 1.61 bits per heavy atom. The molecule has 0 saturated carbocycles. The Balaban J connectivity index is 1.73. The Labute approximate surface area is 188 Å². The van der Waals surface area contributed by atoms with Crippen LogP contribution in [0.5, 0.6) is 17.2 Å². The Kier molecular flexibility index (Phi) is 7.27. The fraction of sp³-hybridized carbons (Fsp3) is 0.217. The number of rotatable bonds is 8. The van der Waals surface area contributed by atoms with Gasteiger partial charge in [0.25, 0.3) is 5.91 Å². The number of benzene rings is 2. The summed E-state index contributed by atoms with van der Waals surface area (Å²) in [5.74, 6) is 1.15. The number of amides is 1. The van der Waals surface area contributed by atoms with Crippen LogP contribution >= 0.6 is 0 Å². The van der Waals surface area contributed by atoms with Gasteiger partial charge in [-0.1, -0.05) is 18.2 Å². The van der Waals surface area contributed by atoms with Crippen LogP contribution in [0.25, 0.3) is 0 Å². The lowest BCUT2D eigenvalue weighted by Gasteiger charge is -2.15. The molecule has 0 bridgehead atoms. The summed E-state index contributed by atoms with van der Waals surface area (Å²) >= 11 is 0. The second-order valence-corrected chi connectivity index (χ2v) is 6.83. The van der Waals surface area contributed by atoms with E-state index in [1.807, 2.05) is 0 Å². The third-order valence-corrected chi connectivity index (χ3v) is 4.63. The maximum absolute atomic E-state index is 12.9. The van der Waals surface area contributed by atoms with Crippen molar-refractivity contribution in [2.24, 2.45) is 0 Å². The zero-order valence-corrected chi connectivity index (χ0v) is 18.1. The van der Waals surface area contributed by atoms with Crippen molar-refractivity contribution in [3.63, 3.8) is 0 Å². The summed E-state index contributed by atoms with van der Waals surface area (Å²) < 4.78 is 54.5. The summed E-state index contributed by atoms with van der Waals surface area (Å²) in [5, 5.41) is 5.65. The summed E-state index contributed by atoms with van der Waals surface area (Å²) in [6.07, 6.45) is -4.45. The molecule has 0 spiro atoms. The second kappa shape index (κ2) is 10.1. The number of carbonyl (C=O) groups is 1. The number of methoxy groups -OCH3 is 3. The Morgan fingerprint density at radius 1 is 0.939 bits per heavy atom. The third kappa shape index (κ3) is 5.85. The van der Waals surface area contributed by atoms with Gasteiger partial charge in [-0.15, -0.1) is 0 Å². The minimum absolute atomic E-state index is 0.0744. The average Bonchev–Trinajstić information content (AvgIpc) is 2.81. The molecule has 1 aromatic heterocycles. The lowest BCUT2D eigenvalue weighted by Crippen LogP contribution is -2.24. The fourth-order valence-electron chi connectivity index (χ4n) is 3.06. The van der Waals surface area contributed by atoms with E-state index < -0.39 is 17.6 Å². The molecular weight excluding hydrogens is 439 g/mol. The monoisotopic (exact) mass is 461 g/mol. The smallest absolute Gasteiger partial charge is 0.416 e. The number of anilines is 2. The SMILES string of the molecule is COc1cc(Nc2cccc(C(=O)NCc3cccc(C(F)(F)F)c3)n2)cc(OC)c1OC. The minimum atomic E-state index is -4.45. The van der Waals surface area contributed by atoms with Gasteiger partial charge >= 0.3 is 6.18 Å². The van der Waals surface area contributed by atoms with Crippen LogP contribution in [-0.4, -0.2) is 32.2 Å². The van der Waals surface area contributed by atoms with E-state index in [-0.39, 0.29) is 12.2 Å². The largest absolute Gasteiger partial charge is 0.493 e. The van der Waals surface area contributed by atoms with Gasteiger partial charge in [-0.2, -0.15) is 13.2 Å². The Bertz CT molecular complexity index is 1110. The summed E-state index contributed by atoms with van der Waals surface area (Å²) in [4.78, 5) is 16.8. The molecule has 0 saturated heterocycles. The van der Waals surface area contributed by atoms with Crippen LogP contribution in [0.4, 0.5) is 24.7 Å². The first-order valence-corrected chi connectivity index (χ1v) is 9.73. The molecule has 0 unspecified atom stereocenters. The number of carbonyl (C=O) groups excluding carboxylic acids is 1. The molecule has 0 aliphatic heterocycles. The molecule has 0 radical (unpaired) electrons. The summed E-state index contributed by atoms with van der Waals surface area (Å²) in [7, 11) is 4.49. The maximum Gasteiger partial charge on any atom is 0.416 e. The van der Waals surface area contributed by atoms with E-state index in [0.717, 1.165) is 12.1 Å². The number of nitrogens with one attached hydrogen (secondary N) is 2.